The lowest BCUT2D eigenvalue weighted by Gasteiger charge is -2.04. The average molecular weight is 277 g/mol. The molecule has 1 amide bonds. The maximum absolute atomic E-state index is 11.8. The van der Waals surface area contributed by atoms with Crippen LogP contribution in [0.3, 0.4) is 0 Å². The molecule has 0 bridgehead atoms. The summed E-state index contributed by atoms with van der Waals surface area (Å²) in [6, 6.07) is 1.58. The highest BCUT2D eigenvalue weighted by molar-refractivity contribution is 6.45. The number of rotatable bonds is 5. The molecule has 2 aromatic heterocycles. The molecule has 0 unspecified atom stereocenters. The van der Waals surface area contributed by atoms with Crippen LogP contribution in [-0.4, -0.2) is 39.3 Å². The van der Waals surface area contributed by atoms with Crippen LogP contribution in [0, 0.1) is 6.92 Å². The van der Waals surface area contributed by atoms with Crippen molar-refractivity contribution in [1.82, 2.24) is 9.97 Å². The number of Topliss-reactive ketones (excluding diaryl/α,β-unsaturated/α-hetero) is 1. The number of hydrogen-bond donors (Lipinski definition) is 3. The van der Waals surface area contributed by atoms with Crippen LogP contribution in [0.2, 0.25) is 0 Å². The highest BCUT2D eigenvalue weighted by atomic mass is 16.5. The van der Waals surface area contributed by atoms with Gasteiger partial charge in [-0.1, -0.05) is 0 Å². The number of nitrogens with two attached hydrogens (primary N) is 1. The molecule has 8 heteroatoms. The lowest BCUT2D eigenvalue weighted by atomic mass is 10.1. The molecule has 4 N–H and O–H groups in total. The van der Waals surface area contributed by atoms with Crippen molar-refractivity contribution in [1.29, 1.82) is 0 Å². The Morgan fingerprint density at radius 2 is 2.15 bits per heavy atom. The molecule has 0 aliphatic carbocycles. The third kappa shape index (κ3) is 2.30. The zero-order valence-corrected chi connectivity index (χ0v) is 10.5. The van der Waals surface area contributed by atoms with Crippen molar-refractivity contribution >= 4 is 28.6 Å². The van der Waals surface area contributed by atoms with Crippen molar-refractivity contribution in [2.75, 3.05) is 6.61 Å². The number of aromatic amines is 1. The van der Waals surface area contributed by atoms with E-state index >= 15 is 0 Å². The second-order valence-electron chi connectivity index (χ2n) is 4.04. The van der Waals surface area contributed by atoms with Gasteiger partial charge in [0.05, 0.1) is 16.5 Å². The summed E-state index contributed by atoms with van der Waals surface area (Å²) in [6.45, 7) is 0.984. The van der Waals surface area contributed by atoms with Gasteiger partial charge in [-0.2, -0.15) is 0 Å². The molecule has 0 saturated carbocycles. The van der Waals surface area contributed by atoms with E-state index in [9.17, 15) is 14.4 Å². The van der Waals surface area contributed by atoms with E-state index in [2.05, 4.69) is 9.97 Å². The SMILES string of the molecule is Cc1[nH]c2ccnc(OCC(=O)O)c2c1C(=O)C(N)=O. The molecule has 2 rings (SSSR count). The van der Waals surface area contributed by atoms with Gasteiger partial charge in [0.25, 0.3) is 11.7 Å². The normalized spacial score (nSPS) is 10.4. The first-order valence-corrected chi connectivity index (χ1v) is 5.57. The van der Waals surface area contributed by atoms with Crippen molar-refractivity contribution in [3.8, 4) is 5.88 Å². The maximum Gasteiger partial charge on any atom is 0.341 e. The standard InChI is InChI=1S/C12H11N3O5/c1-5-8(10(18)11(13)19)9-6(15-5)2-3-14-12(9)20-4-7(16)17/h2-3,15H,4H2,1H3,(H2,13,19)(H,16,17). The van der Waals surface area contributed by atoms with Crippen LogP contribution >= 0.6 is 0 Å². The molecule has 0 radical (unpaired) electrons. The number of carbonyl (C=O) groups excluding carboxylic acids is 2. The third-order valence-corrected chi connectivity index (χ3v) is 2.65. The molecule has 0 spiro atoms. The molecule has 2 heterocycles. The van der Waals surface area contributed by atoms with Crippen LogP contribution in [0.4, 0.5) is 0 Å². The topological polar surface area (TPSA) is 135 Å². The van der Waals surface area contributed by atoms with Gasteiger partial charge in [0.2, 0.25) is 5.88 Å². The Morgan fingerprint density at radius 3 is 2.75 bits per heavy atom. The summed E-state index contributed by atoms with van der Waals surface area (Å²) in [4.78, 5) is 40.2. The van der Waals surface area contributed by atoms with Gasteiger partial charge in [0.15, 0.2) is 6.61 Å². The fraction of sp³-hybridized carbons (Fsp3) is 0.167. The highest BCUT2D eigenvalue weighted by Crippen LogP contribution is 2.29. The molecule has 0 atom stereocenters. The van der Waals surface area contributed by atoms with Crippen LogP contribution in [-0.2, 0) is 9.59 Å². The summed E-state index contributed by atoms with van der Waals surface area (Å²) in [6.07, 6.45) is 1.40. The number of nitrogens with one attached hydrogen (secondary N) is 1. The minimum absolute atomic E-state index is 0.0426. The summed E-state index contributed by atoms with van der Waals surface area (Å²) in [7, 11) is 0. The molecule has 0 aliphatic rings. The summed E-state index contributed by atoms with van der Waals surface area (Å²) >= 11 is 0. The molecule has 20 heavy (non-hydrogen) atoms. The van der Waals surface area contributed by atoms with Crippen molar-refractivity contribution in [3.05, 3.63) is 23.5 Å². The van der Waals surface area contributed by atoms with E-state index in [1.165, 1.54) is 6.20 Å². The van der Waals surface area contributed by atoms with E-state index in [0.717, 1.165) is 0 Å². The van der Waals surface area contributed by atoms with Gasteiger partial charge in [0, 0.05) is 11.9 Å². The number of amides is 1. The van der Waals surface area contributed by atoms with Gasteiger partial charge in [0.1, 0.15) is 0 Å². The van der Waals surface area contributed by atoms with Crippen molar-refractivity contribution in [2.24, 2.45) is 5.73 Å². The van der Waals surface area contributed by atoms with Crippen molar-refractivity contribution < 1.29 is 24.2 Å². The first-order valence-electron chi connectivity index (χ1n) is 5.57. The molecule has 0 saturated heterocycles. The largest absolute Gasteiger partial charge is 0.479 e. The Labute approximate surface area is 112 Å². The van der Waals surface area contributed by atoms with E-state index in [1.807, 2.05) is 0 Å². The number of ether oxygens (including phenoxy) is 1. The molecule has 0 fully saturated rings. The number of aliphatic carboxylic acids is 1. The number of nitrogens with zero attached hydrogens (tertiary/aromatic N) is 1. The number of aryl methyl sites for hydroxylation is 1. The fourth-order valence-electron chi connectivity index (χ4n) is 1.89. The predicted molar refractivity (Wildman–Crippen MR) is 67.5 cm³/mol. The van der Waals surface area contributed by atoms with Gasteiger partial charge in [-0.3, -0.25) is 9.59 Å². The number of carboxylic acid groups (broad SMARTS) is 1. The Balaban J connectivity index is 2.62. The van der Waals surface area contributed by atoms with E-state index < -0.39 is 24.3 Å². The summed E-state index contributed by atoms with van der Waals surface area (Å²) < 4.78 is 5.03. The van der Waals surface area contributed by atoms with Crippen LogP contribution in [0.15, 0.2) is 12.3 Å². The Kier molecular flexibility index (Phi) is 3.38. The number of ketones is 1. The molecule has 0 aliphatic heterocycles. The van der Waals surface area contributed by atoms with E-state index in [0.29, 0.717) is 11.2 Å². The average Bonchev–Trinajstić information content (AvgIpc) is 2.71. The smallest absolute Gasteiger partial charge is 0.341 e. The number of carboxylic acids is 1. The number of primary amides is 1. The molecule has 104 valence electrons. The third-order valence-electron chi connectivity index (χ3n) is 2.65. The number of aromatic nitrogens is 2. The predicted octanol–water partition coefficient (Wildman–Crippen LogP) is 0.00272. The maximum atomic E-state index is 11.8. The molecule has 8 nitrogen and oxygen atoms in total. The van der Waals surface area contributed by atoms with Crippen LogP contribution < -0.4 is 10.5 Å². The highest BCUT2D eigenvalue weighted by Gasteiger charge is 2.23. The first-order chi connectivity index (χ1) is 9.41. The number of H-pyrrole nitrogens is 1. The Morgan fingerprint density at radius 1 is 1.45 bits per heavy atom. The Bertz CT molecular complexity index is 719. The lowest BCUT2D eigenvalue weighted by Crippen LogP contribution is -2.23. The minimum Gasteiger partial charge on any atom is -0.479 e. The first kappa shape index (κ1) is 13.5. The zero-order chi connectivity index (χ0) is 14.9. The van der Waals surface area contributed by atoms with Crippen LogP contribution in [0.1, 0.15) is 16.1 Å². The van der Waals surface area contributed by atoms with Gasteiger partial charge >= 0.3 is 5.97 Å². The summed E-state index contributed by atoms with van der Waals surface area (Å²) in [5.41, 5.74) is 5.97. The van der Waals surface area contributed by atoms with Gasteiger partial charge < -0.3 is 20.6 Å². The molecular formula is C12H11N3O5. The summed E-state index contributed by atoms with van der Waals surface area (Å²) in [5.74, 6) is -3.22. The monoisotopic (exact) mass is 277 g/mol. The number of carbonyl (C=O) groups is 3. The number of pyridine rings is 1. The van der Waals surface area contributed by atoms with Gasteiger partial charge in [-0.25, -0.2) is 9.78 Å². The zero-order valence-electron chi connectivity index (χ0n) is 10.5. The lowest BCUT2D eigenvalue weighted by molar-refractivity contribution is -0.139. The fourth-order valence-corrected chi connectivity index (χ4v) is 1.89. The second kappa shape index (κ2) is 5.00. The van der Waals surface area contributed by atoms with E-state index in [1.54, 1.807) is 13.0 Å². The number of fused-ring (bicyclic) bond motifs is 1. The van der Waals surface area contributed by atoms with E-state index in [4.69, 9.17) is 15.6 Å². The van der Waals surface area contributed by atoms with Crippen LogP contribution in [0.5, 0.6) is 5.88 Å². The Hall–Kier alpha value is -2.90. The molecule has 2 aromatic rings. The van der Waals surface area contributed by atoms with Crippen molar-refractivity contribution in [2.45, 2.75) is 6.92 Å². The summed E-state index contributed by atoms with van der Waals surface area (Å²) in [5, 5.41) is 8.86. The van der Waals surface area contributed by atoms with Gasteiger partial charge in [-0.15, -0.1) is 0 Å². The second-order valence-corrected chi connectivity index (χ2v) is 4.04. The van der Waals surface area contributed by atoms with Crippen LogP contribution in [0.25, 0.3) is 10.9 Å². The quantitative estimate of drug-likeness (QED) is 0.520. The van der Waals surface area contributed by atoms with Crippen molar-refractivity contribution in [3.63, 3.8) is 0 Å². The number of hydrogen-bond acceptors (Lipinski definition) is 5. The molecule has 0 aromatic carbocycles. The van der Waals surface area contributed by atoms with E-state index in [-0.39, 0.29) is 16.8 Å². The molecular weight excluding hydrogens is 266 g/mol. The minimum atomic E-state index is -1.18. The van der Waals surface area contributed by atoms with Gasteiger partial charge in [-0.05, 0) is 13.0 Å².